The fraction of sp³-hybridized carbons (Fsp3) is 0.533. The number of halogens is 1. The number of carboxylic acid groups (broad SMARTS) is 1. The van der Waals surface area contributed by atoms with Crippen molar-refractivity contribution in [2.45, 2.75) is 51.7 Å². The normalized spacial score (nSPS) is 15.8. The van der Waals surface area contributed by atoms with E-state index in [-0.39, 0.29) is 0 Å². The van der Waals surface area contributed by atoms with Crippen molar-refractivity contribution in [2.24, 2.45) is 0 Å². The standard InChI is InChI=1S/C15H20ClNO2/c1-10(2)17(13-4-3-5-13)9-12-8-11(15(18)19)6-7-14(12)16/h6-8,10,13H,3-5,9H2,1-2H3,(H,18,19). The molecule has 1 fully saturated rings. The van der Waals surface area contributed by atoms with Gasteiger partial charge in [0.05, 0.1) is 5.56 Å². The molecule has 104 valence electrons. The maximum absolute atomic E-state index is 11.0. The first-order valence-electron chi connectivity index (χ1n) is 6.76. The van der Waals surface area contributed by atoms with Gasteiger partial charge in [0.2, 0.25) is 0 Å². The molecule has 2 rings (SSSR count). The Labute approximate surface area is 119 Å². The van der Waals surface area contributed by atoms with Crippen LogP contribution in [-0.4, -0.2) is 28.1 Å². The van der Waals surface area contributed by atoms with E-state index < -0.39 is 5.97 Å². The molecular formula is C15H20ClNO2. The predicted molar refractivity (Wildman–Crippen MR) is 76.7 cm³/mol. The molecule has 1 aliphatic rings. The summed E-state index contributed by atoms with van der Waals surface area (Å²) in [6, 6.07) is 5.98. The number of benzene rings is 1. The molecule has 0 bridgehead atoms. The lowest BCUT2D eigenvalue weighted by atomic mass is 9.90. The fourth-order valence-electron chi connectivity index (χ4n) is 2.48. The third-order valence-corrected chi connectivity index (χ3v) is 4.22. The van der Waals surface area contributed by atoms with Crippen LogP contribution < -0.4 is 0 Å². The van der Waals surface area contributed by atoms with Gasteiger partial charge in [-0.05, 0) is 50.5 Å². The van der Waals surface area contributed by atoms with Crippen molar-refractivity contribution in [3.63, 3.8) is 0 Å². The molecule has 0 radical (unpaired) electrons. The number of carbonyl (C=O) groups is 1. The number of hydrogen-bond acceptors (Lipinski definition) is 2. The second-order valence-corrected chi connectivity index (χ2v) is 5.87. The average molecular weight is 282 g/mol. The van der Waals surface area contributed by atoms with E-state index in [1.807, 2.05) is 0 Å². The van der Waals surface area contributed by atoms with Gasteiger partial charge in [0, 0.05) is 23.7 Å². The molecule has 3 nitrogen and oxygen atoms in total. The minimum absolute atomic E-state index is 0.303. The Hall–Kier alpha value is -1.06. The number of nitrogens with zero attached hydrogens (tertiary/aromatic N) is 1. The van der Waals surface area contributed by atoms with E-state index in [1.165, 1.54) is 19.3 Å². The van der Waals surface area contributed by atoms with Gasteiger partial charge in [0.1, 0.15) is 0 Å². The molecule has 1 aliphatic carbocycles. The molecule has 1 aromatic rings. The number of aromatic carboxylic acids is 1. The van der Waals surface area contributed by atoms with Crippen LogP contribution in [0.25, 0.3) is 0 Å². The van der Waals surface area contributed by atoms with E-state index in [0.29, 0.717) is 22.7 Å². The van der Waals surface area contributed by atoms with Gasteiger partial charge in [-0.2, -0.15) is 0 Å². The van der Waals surface area contributed by atoms with Crippen molar-refractivity contribution in [1.29, 1.82) is 0 Å². The summed E-state index contributed by atoms with van der Waals surface area (Å²) in [6.07, 6.45) is 3.75. The van der Waals surface area contributed by atoms with Crippen molar-refractivity contribution in [3.8, 4) is 0 Å². The number of rotatable bonds is 5. The highest BCUT2D eigenvalue weighted by molar-refractivity contribution is 6.31. The number of carboxylic acids is 1. The van der Waals surface area contributed by atoms with E-state index in [4.69, 9.17) is 16.7 Å². The van der Waals surface area contributed by atoms with Crippen LogP contribution in [0.5, 0.6) is 0 Å². The topological polar surface area (TPSA) is 40.5 Å². The molecular weight excluding hydrogens is 262 g/mol. The molecule has 19 heavy (non-hydrogen) atoms. The lowest BCUT2D eigenvalue weighted by Crippen LogP contribution is -2.43. The second-order valence-electron chi connectivity index (χ2n) is 5.46. The highest BCUT2D eigenvalue weighted by atomic mass is 35.5. The van der Waals surface area contributed by atoms with E-state index in [1.54, 1.807) is 18.2 Å². The van der Waals surface area contributed by atoms with Gasteiger partial charge in [-0.25, -0.2) is 4.79 Å². The van der Waals surface area contributed by atoms with Crippen LogP contribution in [0, 0.1) is 0 Å². The molecule has 0 amide bonds. The molecule has 0 unspecified atom stereocenters. The van der Waals surface area contributed by atoms with Crippen LogP contribution in [0.15, 0.2) is 18.2 Å². The molecule has 0 heterocycles. The molecule has 0 saturated heterocycles. The van der Waals surface area contributed by atoms with Crippen molar-refractivity contribution in [1.82, 2.24) is 4.90 Å². The van der Waals surface area contributed by atoms with Crippen molar-refractivity contribution < 1.29 is 9.90 Å². The SMILES string of the molecule is CC(C)N(Cc1cc(C(=O)O)ccc1Cl)C1CCC1. The first-order chi connectivity index (χ1) is 8.99. The minimum Gasteiger partial charge on any atom is -0.478 e. The third kappa shape index (κ3) is 3.28. The van der Waals surface area contributed by atoms with Gasteiger partial charge in [-0.3, -0.25) is 4.90 Å². The predicted octanol–water partition coefficient (Wildman–Crippen LogP) is 3.80. The van der Waals surface area contributed by atoms with Gasteiger partial charge < -0.3 is 5.11 Å². The van der Waals surface area contributed by atoms with Crippen LogP contribution in [0.3, 0.4) is 0 Å². The fourth-order valence-corrected chi connectivity index (χ4v) is 2.65. The largest absolute Gasteiger partial charge is 0.478 e. The Morgan fingerprint density at radius 1 is 1.47 bits per heavy atom. The average Bonchev–Trinajstić information content (AvgIpc) is 2.27. The third-order valence-electron chi connectivity index (χ3n) is 3.85. The quantitative estimate of drug-likeness (QED) is 0.892. The Morgan fingerprint density at radius 3 is 2.63 bits per heavy atom. The summed E-state index contributed by atoms with van der Waals surface area (Å²) in [5.74, 6) is -0.905. The van der Waals surface area contributed by atoms with Crippen LogP contribution in [-0.2, 0) is 6.54 Å². The molecule has 1 N–H and O–H groups in total. The zero-order valence-electron chi connectivity index (χ0n) is 11.4. The first-order valence-corrected chi connectivity index (χ1v) is 7.14. The molecule has 1 aromatic carbocycles. The summed E-state index contributed by atoms with van der Waals surface area (Å²) >= 11 is 6.20. The van der Waals surface area contributed by atoms with Gasteiger partial charge in [-0.1, -0.05) is 18.0 Å². The molecule has 0 spiro atoms. The van der Waals surface area contributed by atoms with E-state index in [2.05, 4.69) is 18.7 Å². The lowest BCUT2D eigenvalue weighted by molar-refractivity contribution is 0.0696. The summed E-state index contributed by atoms with van der Waals surface area (Å²) < 4.78 is 0. The Bertz CT molecular complexity index is 469. The molecule has 0 aliphatic heterocycles. The highest BCUT2D eigenvalue weighted by Crippen LogP contribution is 2.29. The number of hydrogen-bond donors (Lipinski definition) is 1. The van der Waals surface area contributed by atoms with Crippen LogP contribution in [0.4, 0.5) is 0 Å². The molecule has 4 heteroatoms. The van der Waals surface area contributed by atoms with E-state index in [9.17, 15) is 4.79 Å². The van der Waals surface area contributed by atoms with E-state index in [0.717, 1.165) is 12.1 Å². The summed E-state index contributed by atoms with van der Waals surface area (Å²) in [7, 11) is 0. The highest BCUT2D eigenvalue weighted by Gasteiger charge is 2.27. The molecule has 1 saturated carbocycles. The van der Waals surface area contributed by atoms with Crippen LogP contribution in [0.1, 0.15) is 49.0 Å². The zero-order chi connectivity index (χ0) is 14.0. The van der Waals surface area contributed by atoms with Gasteiger partial charge in [0.15, 0.2) is 0 Å². The zero-order valence-corrected chi connectivity index (χ0v) is 12.2. The van der Waals surface area contributed by atoms with Gasteiger partial charge in [-0.15, -0.1) is 0 Å². The Balaban J connectivity index is 2.20. The van der Waals surface area contributed by atoms with Crippen molar-refractivity contribution >= 4 is 17.6 Å². The van der Waals surface area contributed by atoms with Gasteiger partial charge in [0.25, 0.3) is 0 Å². The second kappa shape index (κ2) is 5.93. The Kier molecular flexibility index (Phi) is 4.48. The first kappa shape index (κ1) is 14.4. The summed E-state index contributed by atoms with van der Waals surface area (Å²) in [6.45, 7) is 5.07. The Morgan fingerprint density at radius 2 is 2.16 bits per heavy atom. The van der Waals surface area contributed by atoms with Crippen LogP contribution in [0.2, 0.25) is 5.02 Å². The summed E-state index contributed by atoms with van der Waals surface area (Å²) in [5.41, 5.74) is 1.21. The smallest absolute Gasteiger partial charge is 0.335 e. The van der Waals surface area contributed by atoms with E-state index >= 15 is 0 Å². The maximum Gasteiger partial charge on any atom is 0.335 e. The monoisotopic (exact) mass is 281 g/mol. The molecule has 0 aromatic heterocycles. The summed E-state index contributed by atoms with van der Waals surface area (Å²) in [4.78, 5) is 13.4. The van der Waals surface area contributed by atoms with Crippen molar-refractivity contribution in [3.05, 3.63) is 34.3 Å². The minimum atomic E-state index is -0.905. The lowest BCUT2D eigenvalue weighted by Gasteiger charge is -2.40. The van der Waals surface area contributed by atoms with Crippen LogP contribution >= 0.6 is 11.6 Å². The maximum atomic E-state index is 11.0. The van der Waals surface area contributed by atoms with Gasteiger partial charge >= 0.3 is 5.97 Å². The summed E-state index contributed by atoms with van der Waals surface area (Å²) in [5, 5.41) is 9.70. The molecule has 0 atom stereocenters. The van der Waals surface area contributed by atoms with Crippen molar-refractivity contribution in [2.75, 3.05) is 0 Å².